The first-order valence-electron chi connectivity index (χ1n) is 5.61. The molecule has 0 fully saturated rings. The van der Waals surface area contributed by atoms with Crippen molar-refractivity contribution in [3.63, 3.8) is 0 Å². The minimum absolute atomic E-state index is 0.297. The summed E-state index contributed by atoms with van der Waals surface area (Å²) >= 11 is 0. The second-order valence-corrected chi connectivity index (χ2v) is 8.60. The summed E-state index contributed by atoms with van der Waals surface area (Å²) < 4.78 is 32.3. The maximum Gasteiger partial charge on any atom is 0.272 e. The minimum atomic E-state index is -4.14. The van der Waals surface area contributed by atoms with E-state index in [0.29, 0.717) is 6.42 Å². The van der Waals surface area contributed by atoms with Crippen LogP contribution in [0.4, 0.5) is 0 Å². The van der Waals surface area contributed by atoms with Gasteiger partial charge in [0.1, 0.15) is 4.99 Å². The summed E-state index contributed by atoms with van der Waals surface area (Å²) in [5, 5.41) is 9.89. The van der Waals surface area contributed by atoms with Gasteiger partial charge in [-0.2, -0.15) is 13.7 Å². The molecule has 0 saturated carbocycles. The molecule has 0 radical (unpaired) electrons. The van der Waals surface area contributed by atoms with Crippen LogP contribution in [0, 0.1) is 11.3 Å². The molecule has 18 heavy (non-hydrogen) atoms. The summed E-state index contributed by atoms with van der Waals surface area (Å²) in [6.45, 7) is 3.41. The van der Waals surface area contributed by atoms with Crippen LogP contribution in [0.2, 0.25) is 0 Å². The predicted molar refractivity (Wildman–Crippen MR) is 73.7 cm³/mol. The van der Waals surface area contributed by atoms with Crippen molar-refractivity contribution in [1.82, 2.24) is 0 Å². The Morgan fingerprint density at radius 1 is 1.39 bits per heavy atom. The Hall–Kier alpha value is -0.950. The molecule has 98 valence electrons. The summed E-state index contributed by atoms with van der Waals surface area (Å²) in [6.07, 6.45) is 0.297. The molecule has 0 saturated heterocycles. The van der Waals surface area contributed by atoms with Crippen LogP contribution in [-0.2, 0) is 10.1 Å². The summed E-state index contributed by atoms with van der Waals surface area (Å²) in [5.74, 6) is 0. The molecule has 6 heteroatoms. The normalized spacial score (nSPS) is 16.6. The molecule has 0 bridgehead atoms. The van der Waals surface area contributed by atoms with Crippen LogP contribution >= 0.6 is 7.92 Å². The van der Waals surface area contributed by atoms with E-state index in [1.54, 1.807) is 13.8 Å². The lowest BCUT2D eigenvalue weighted by atomic mass is 10.4. The Morgan fingerprint density at radius 2 is 1.94 bits per heavy atom. The van der Waals surface area contributed by atoms with E-state index in [1.807, 2.05) is 30.3 Å². The topological polar surface area (TPSA) is 78.2 Å². The maximum absolute atomic E-state index is 11.5. The Bertz CT molecular complexity index is 524. The van der Waals surface area contributed by atoms with Crippen LogP contribution in [0.5, 0.6) is 0 Å². The first-order valence-corrected chi connectivity index (χ1v) is 8.59. The van der Waals surface area contributed by atoms with Gasteiger partial charge in [0, 0.05) is 0 Å². The number of nitriles is 1. The molecule has 0 aliphatic heterocycles. The molecule has 0 amide bonds. The fourth-order valence-electron chi connectivity index (χ4n) is 1.85. The zero-order chi connectivity index (χ0) is 13.8. The zero-order valence-electron chi connectivity index (χ0n) is 10.3. The average Bonchev–Trinajstić information content (AvgIpc) is 2.34. The number of rotatable bonds is 5. The van der Waals surface area contributed by atoms with Gasteiger partial charge in [0.25, 0.3) is 10.1 Å². The largest absolute Gasteiger partial charge is 0.285 e. The Labute approximate surface area is 109 Å². The fraction of sp³-hybridized carbons (Fsp3) is 0.417. The first kappa shape index (κ1) is 15.1. The van der Waals surface area contributed by atoms with Crippen molar-refractivity contribution >= 4 is 23.3 Å². The van der Waals surface area contributed by atoms with E-state index in [2.05, 4.69) is 6.07 Å². The lowest BCUT2D eigenvalue weighted by Crippen LogP contribution is -2.26. The molecule has 3 atom stereocenters. The van der Waals surface area contributed by atoms with E-state index >= 15 is 0 Å². The van der Waals surface area contributed by atoms with Gasteiger partial charge >= 0.3 is 0 Å². The number of hydrogen-bond acceptors (Lipinski definition) is 3. The highest BCUT2D eigenvalue weighted by Crippen LogP contribution is 2.48. The van der Waals surface area contributed by atoms with Gasteiger partial charge in [-0.15, -0.1) is 0 Å². The van der Waals surface area contributed by atoms with Crippen LogP contribution in [0.15, 0.2) is 30.3 Å². The molecule has 1 rings (SSSR count). The molecule has 0 aliphatic carbocycles. The third-order valence-corrected chi connectivity index (χ3v) is 7.99. The van der Waals surface area contributed by atoms with Gasteiger partial charge < -0.3 is 0 Å². The molecule has 1 aromatic rings. The molecule has 1 aromatic carbocycles. The summed E-state index contributed by atoms with van der Waals surface area (Å²) in [7, 11) is -5.41. The van der Waals surface area contributed by atoms with Crippen molar-refractivity contribution in [2.45, 2.75) is 30.9 Å². The van der Waals surface area contributed by atoms with Crippen molar-refractivity contribution in [3.8, 4) is 6.07 Å². The van der Waals surface area contributed by atoms with E-state index in [4.69, 9.17) is 5.26 Å². The van der Waals surface area contributed by atoms with Crippen LogP contribution < -0.4 is 5.30 Å². The molecule has 4 nitrogen and oxygen atoms in total. The molecule has 3 unspecified atom stereocenters. The van der Waals surface area contributed by atoms with Crippen molar-refractivity contribution in [2.75, 3.05) is 0 Å². The highest BCUT2D eigenvalue weighted by Gasteiger charge is 2.35. The number of benzene rings is 1. The smallest absolute Gasteiger partial charge is 0.272 e. The molecule has 0 aromatic heterocycles. The van der Waals surface area contributed by atoms with Crippen LogP contribution in [0.1, 0.15) is 20.3 Å². The molecule has 0 heterocycles. The first-order chi connectivity index (χ1) is 8.41. The third-order valence-electron chi connectivity index (χ3n) is 2.66. The van der Waals surface area contributed by atoms with E-state index < -0.39 is 28.7 Å². The maximum atomic E-state index is 11.5. The lowest BCUT2D eigenvalue weighted by molar-refractivity contribution is 0.478. The average molecular weight is 285 g/mol. The van der Waals surface area contributed by atoms with Gasteiger partial charge in [0.05, 0.1) is 11.7 Å². The zero-order valence-corrected chi connectivity index (χ0v) is 12.0. The predicted octanol–water partition coefficient (Wildman–Crippen LogP) is 2.33. The SMILES string of the molecule is CCC(P(c1ccccc1)C(C)C#N)S(=O)(=O)O. The monoisotopic (exact) mass is 285 g/mol. The highest BCUT2D eigenvalue weighted by molar-refractivity contribution is 7.96. The minimum Gasteiger partial charge on any atom is -0.285 e. The summed E-state index contributed by atoms with van der Waals surface area (Å²) in [5.41, 5.74) is -0.422. The Morgan fingerprint density at radius 3 is 2.33 bits per heavy atom. The van der Waals surface area contributed by atoms with E-state index in [0.717, 1.165) is 5.30 Å². The van der Waals surface area contributed by atoms with Gasteiger partial charge in [0.15, 0.2) is 0 Å². The quantitative estimate of drug-likeness (QED) is 0.665. The summed E-state index contributed by atoms with van der Waals surface area (Å²) in [4.78, 5) is -0.885. The number of hydrogen-bond donors (Lipinski definition) is 1. The van der Waals surface area contributed by atoms with Crippen molar-refractivity contribution < 1.29 is 13.0 Å². The summed E-state index contributed by atoms with van der Waals surface area (Å²) in [6, 6.07) is 11.2. The van der Waals surface area contributed by atoms with Gasteiger partial charge in [-0.1, -0.05) is 37.3 Å². The van der Waals surface area contributed by atoms with Crippen LogP contribution in [-0.4, -0.2) is 23.6 Å². The van der Waals surface area contributed by atoms with Crippen LogP contribution in [0.3, 0.4) is 0 Å². The second-order valence-electron chi connectivity index (χ2n) is 3.93. The fourth-order valence-corrected chi connectivity index (χ4v) is 6.65. The van der Waals surface area contributed by atoms with E-state index in [9.17, 15) is 13.0 Å². The van der Waals surface area contributed by atoms with Crippen molar-refractivity contribution in [2.24, 2.45) is 0 Å². The highest BCUT2D eigenvalue weighted by atomic mass is 32.2. The van der Waals surface area contributed by atoms with Gasteiger partial charge in [-0.3, -0.25) is 4.55 Å². The lowest BCUT2D eigenvalue weighted by Gasteiger charge is -2.26. The molecule has 1 N–H and O–H groups in total. The van der Waals surface area contributed by atoms with E-state index in [-0.39, 0.29) is 0 Å². The van der Waals surface area contributed by atoms with Crippen molar-refractivity contribution in [1.29, 1.82) is 5.26 Å². The van der Waals surface area contributed by atoms with Crippen molar-refractivity contribution in [3.05, 3.63) is 30.3 Å². The Balaban J connectivity index is 3.27. The van der Waals surface area contributed by atoms with Gasteiger partial charge in [-0.25, -0.2) is 0 Å². The van der Waals surface area contributed by atoms with Crippen LogP contribution in [0.25, 0.3) is 0 Å². The third kappa shape index (κ3) is 3.52. The second kappa shape index (κ2) is 6.29. The standard InChI is InChI=1S/C12H16NO3PS/c1-3-12(18(14,15)16)17(10(2)9-13)11-7-5-4-6-8-11/h4-8,10,12H,3H2,1-2H3,(H,14,15,16). The van der Waals surface area contributed by atoms with Gasteiger partial charge in [0.2, 0.25) is 0 Å². The molecular formula is C12H16NO3PS. The molecule has 0 aliphatic rings. The van der Waals surface area contributed by atoms with Gasteiger partial charge in [-0.05, 0) is 26.6 Å². The Kier molecular flexibility index (Phi) is 5.28. The molecule has 0 spiro atoms. The van der Waals surface area contributed by atoms with E-state index in [1.165, 1.54) is 0 Å². The number of nitrogens with zero attached hydrogens (tertiary/aromatic N) is 1. The molecular weight excluding hydrogens is 269 g/mol.